The average molecular weight is 367 g/mol. The topological polar surface area (TPSA) is 91.2 Å². The van der Waals surface area contributed by atoms with Crippen molar-refractivity contribution in [2.45, 2.75) is 13.5 Å². The van der Waals surface area contributed by atoms with Gasteiger partial charge in [-0.1, -0.05) is 12.1 Å². The summed E-state index contributed by atoms with van der Waals surface area (Å²) in [5.74, 6) is 0.637. The molecule has 0 spiro atoms. The lowest BCUT2D eigenvalue weighted by Crippen LogP contribution is -2.23. The van der Waals surface area contributed by atoms with E-state index in [4.69, 9.17) is 9.47 Å². The Balaban J connectivity index is 1.57. The fourth-order valence-electron chi connectivity index (χ4n) is 2.56. The van der Waals surface area contributed by atoms with Crippen LogP contribution in [0.2, 0.25) is 0 Å². The predicted octanol–water partition coefficient (Wildman–Crippen LogP) is 1.93. The number of rotatable bonds is 8. The van der Waals surface area contributed by atoms with E-state index in [0.717, 1.165) is 22.6 Å². The van der Waals surface area contributed by atoms with Crippen LogP contribution >= 0.6 is 0 Å². The molecule has 1 N–H and O–H groups in total. The van der Waals surface area contributed by atoms with Gasteiger partial charge in [0.1, 0.15) is 18.7 Å². The maximum Gasteiger partial charge on any atom is 0.251 e. The number of hydrogen-bond donors (Lipinski definition) is 1. The van der Waals surface area contributed by atoms with Gasteiger partial charge in [-0.25, -0.2) is 4.68 Å². The van der Waals surface area contributed by atoms with Crippen LogP contribution in [0.4, 0.5) is 0 Å². The molecule has 0 atom stereocenters. The van der Waals surface area contributed by atoms with Gasteiger partial charge in [0.2, 0.25) is 0 Å². The summed E-state index contributed by atoms with van der Waals surface area (Å²) < 4.78 is 12.0. The summed E-state index contributed by atoms with van der Waals surface area (Å²) in [6.07, 6.45) is 1.52. The molecule has 3 aromatic rings. The summed E-state index contributed by atoms with van der Waals surface area (Å²) >= 11 is 0. The van der Waals surface area contributed by atoms with Crippen LogP contribution in [-0.4, -0.2) is 46.4 Å². The molecule has 1 amide bonds. The van der Waals surface area contributed by atoms with Crippen molar-refractivity contribution in [3.8, 4) is 11.4 Å². The van der Waals surface area contributed by atoms with Gasteiger partial charge in [-0.15, -0.1) is 5.10 Å². The highest BCUT2D eigenvalue weighted by Crippen LogP contribution is 2.15. The third-order valence-electron chi connectivity index (χ3n) is 3.99. The van der Waals surface area contributed by atoms with Gasteiger partial charge in [0, 0.05) is 19.2 Å². The van der Waals surface area contributed by atoms with Crippen LogP contribution in [0.5, 0.6) is 5.75 Å². The Morgan fingerprint density at radius 3 is 2.63 bits per heavy atom. The summed E-state index contributed by atoms with van der Waals surface area (Å²) in [5.41, 5.74) is 3.32. The van der Waals surface area contributed by atoms with E-state index in [1.165, 1.54) is 6.33 Å². The highest BCUT2D eigenvalue weighted by Gasteiger charge is 2.09. The van der Waals surface area contributed by atoms with E-state index in [9.17, 15) is 4.79 Å². The van der Waals surface area contributed by atoms with Crippen LogP contribution in [0.3, 0.4) is 0 Å². The molecule has 0 fully saturated rings. The molecule has 0 bridgehead atoms. The Labute approximate surface area is 157 Å². The van der Waals surface area contributed by atoms with Gasteiger partial charge in [0.05, 0.1) is 12.3 Å². The minimum absolute atomic E-state index is 0.137. The number of nitrogens with one attached hydrogen (secondary N) is 1. The van der Waals surface area contributed by atoms with Crippen LogP contribution < -0.4 is 10.1 Å². The highest BCUT2D eigenvalue weighted by atomic mass is 16.5. The Kier molecular flexibility index (Phi) is 6.11. The number of methoxy groups -OCH3 is 1. The van der Waals surface area contributed by atoms with Crippen molar-refractivity contribution in [2.75, 3.05) is 20.3 Å². The fraction of sp³-hybridized carbons (Fsp3) is 0.263. The molecule has 0 unspecified atom stereocenters. The molecule has 0 aliphatic carbocycles. The Hall–Kier alpha value is -3.26. The normalized spacial score (nSPS) is 10.6. The molecule has 27 heavy (non-hydrogen) atoms. The van der Waals surface area contributed by atoms with Crippen LogP contribution in [-0.2, 0) is 11.3 Å². The number of carbonyl (C=O) groups excluding carboxylic acids is 1. The van der Waals surface area contributed by atoms with Crippen LogP contribution in [0.15, 0.2) is 48.8 Å². The molecule has 2 aromatic carbocycles. The maximum atomic E-state index is 12.4. The lowest BCUT2D eigenvalue weighted by molar-refractivity contribution is 0.0951. The summed E-state index contributed by atoms with van der Waals surface area (Å²) in [6.45, 7) is 3.40. The zero-order valence-electron chi connectivity index (χ0n) is 15.3. The Morgan fingerprint density at radius 2 is 1.96 bits per heavy atom. The second-order valence-electron chi connectivity index (χ2n) is 5.92. The number of amides is 1. The molecular formula is C19H21N5O3. The van der Waals surface area contributed by atoms with Gasteiger partial charge < -0.3 is 14.8 Å². The van der Waals surface area contributed by atoms with Crippen molar-refractivity contribution in [3.63, 3.8) is 0 Å². The number of aromatic nitrogens is 4. The third kappa shape index (κ3) is 4.89. The molecule has 8 heteroatoms. The van der Waals surface area contributed by atoms with Crippen molar-refractivity contribution in [1.29, 1.82) is 0 Å². The molecule has 1 heterocycles. The van der Waals surface area contributed by atoms with Crippen LogP contribution in [0, 0.1) is 6.92 Å². The summed E-state index contributed by atoms with van der Waals surface area (Å²) in [7, 11) is 1.63. The number of tetrazole rings is 1. The molecule has 8 nitrogen and oxygen atoms in total. The van der Waals surface area contributed by atoms with Crippen molar-refractivity contribution in [1.82, 2.24) is 25.5 Å². The van der Waals surface area contributed by atoms with Gasteiger partial charge in [-0.05, 0) is 58.8 Å². The van der Waals surface area contributed by atoms with Crippen molar-refractivity contribution in [2.24, 2.45) is 0 Å². The van der Waals surface area contributed by atoms with Gasteiger partial charge in [-0.2, -0.15) is 0 Å². The number of carbonyl (C=O) groups is 1. The Morgan fingerprint density at radius 1 is 1.15 bits per heavy atom. The first kappa shape index (κ1) is 18.5. The van der Waals surface area contributed by atoms with Crippen LogP contribution in [0.25, 0.3) is 5.69 Å². The largest absolute Gasteiger partial charge is 0.491 e. The summed E-state index contributed by atoms with van der Waals surface area (Å²) in [4.78, 5) is 12.4. The molecule has 0 radical (unpaired) electrons. The second kappa shape index (κ2) is 8.91. The maximum absolute atomic E-state index is 12.4. The second-order valence-corrected chi connectivity index (χ2v) is 5.92. The molecule has 1 aromatic heterocycles. The number of hydrogen-bond acceptors (Lipinski definition) is 6. The molecule has 0 aliphatic heterocycles. The first-order valence-electron chi connectivity index (χ1n) is 8.50. The zero-order valence-corrected chi connectivity index (χ0v) is 15.3. The van der Waals surface area contributed by atoms with E-state index in [1.54, 1.807) is 17.9 Å². The van der Waals surface area contributed by atoms with E-state index < -0.39 is 0 Å². The van der Waals surface area contributed by atoms with Gasteiger partial charge in [0.25, 0.3) is 5.91 Å². The molecule has 140 valence electrons. The molecule has 3 rings (SSSR count). The number of ether oxygens (including phenoxy) is 2. The van der Waals surface area contributed by atoms with E-state index >= 15 is 0 Å². The first-order valence-corrected chi connectivity index (χ1v) is 8.50. The molecule has 0 saturated carbocycles. The van der Waals surface area contributed by atoms with E-state index in [2.05, 4.69) is 20.8 Å². The van der Waals surface area contributed by atoms with E-state index in [-0.39, 0.29) is 5.91 Å². The smallest absolute Gasteiger partial charge is 0.251 e. The van der Waals surface area contributed by atoms with Crippen molar-refractivity contribution >= 4 is 5.91 Å². The number of benzene rings is 2. The van der Waals surface area contributed by atoms with Gasteiger partial charge in [0.15, 0.2) is 0 Å². The number of nitrogens with zero attached hydrogens (tertiary/aromatic N) is 4. The lowest BCUT2D eigenvalue weighted by atomic mass is 10.1. The predicted molar refractivity (Wildman–Crippen MR) is 98.9 cm³/mol. The fourth-order valence-corrected chi connectivity index (χ4v) is 2.56. The van der Waals surface area contributed by atoms with Gasteiger partial charge in [-0.3, -0.25) is 4.79 Å². The van der Waals surface area contributed by atoms with Crippen molar-refractivity contribution < 1.29 is 14.3 Å². The average Bonchev–Trinajstić information content (AvgIpc) is 3.21. The van der Waals surface area contributed by atoms with Gasteiger partial charge >= 0.3 is 0 Å². The lowest BCUT2D eigenvalue weighted by Gasteiger charge is -2.10. The summed E-state index contributed by atoms with van der Waals surface area (Å²) in [6, 6.07) is 13.0. The highest BCUT2D eigenvalue weighted by molar-refractivity contribution is 5.94. The first-order chi connectivity index (χ1) is 13.2. The minimum Gasteiger partial charge on any atom is -0.491 e. The van der Waals surface area contributed by atoms with E-state index in [1.807, 2.05) is 43.3 Å². The molecular weight excluding hydrogens is 346 g/mol. The molecule has 0 aliphatic rings. The molecule has 0 saturated heterocycles. The van der Waals surface area contributed by atoms with Crippen molar-refractivity contribution in [3.05, 3.63) is 65.5 Å². The van der Waals surface area contributed by atoms with E-state index in [0.29, 0.717) is 25.3 Å². The zero-order chi connectivity index (χ0) is 19.1. The monoisotopic (exact) mass is 367 g/mol. The minimum atomic E-state index is -0.137. The third-order valence-corrected chi connectivity index (χ3v) is 3.99. The standard InChI is InChI=1S/C19H21N5O3/c1-14-11-16(5-8-18(14)24-13-21-22-23-24)19(25)20-12-15-3-6-17(7-4-15)27-10-9-26-2/h3-8,11,13H,9-10,12H2,1-2H3,(H,20,25). The number of aryl methyl sites for hydroxylation is 1. The Bertz CT molecular complexity index is 879. The van der Waals surface area contributed by atoms with Crippen LogP contribution in [0.1, 0.15) is 21.5 Å². The SMILES string of the molecule is COCCOc1ccc(CNC(=O)c2ccc(-n3cnnn3)c(C)c2)cc1. The quantitative estimate of drug-likeness (QED) is 0.612. The summed E-state index contributed by atoms with van der Waals surface area (Å²) in [5, 5.41) is 14.0.